The van der Waals surface area contributed by atoms with Crippen LogP contribution in [0.3, 0.4) is 0 Å². The molecule has 1 aromatic heterocycles. The van der Waals surface area contributed by atoms with Gasteiger partial charge in [0.15, 0.2) is 0 Å². The van der Waals surface area contributed by atoms with E-state index in [-0.39, 0.29) is 25.2 Å². The first-order chi connectivity index (χ1) is 14.7. The van der Waals surface area contributed by atoms with Gasteiger partial charge in [-0.1, -0.05) is 29.3 Å². The number of carbonyl (C=O) groups excluding carboxylic acids is 1. The lowest BCUT2D eigenvalue weighted by atomic mass is 9.92. The predicted octanol–water partition coefficient (Wildman–Crippen LogP) is 3.32. The largest absolute Gasteiger partial charge is 0.382 e. The van der Waals surface area contributed by atoms with E-state index in [1.807, 2.05) is 0 Å². The normalized spacial score (nSPS) is 13.3. The van der Waals surface area contributed by atoms with E-state index in [1.54, 1.807) is 19.2 Å². The van der Waals surface area contributed by atoms with Crippen molar-refractivity contribution in [2.45, 2.75) is 12.1 Å². The Labute approximate surface area is 187 Å². The molecular weight excluding hydrogens is 451 g/mol. The number of aliphatic hydroxyl groups is 1. The molecule has 7 nitrogen and oxygen atoms in total. The minimum Gasteiger partial charge on any atom is -0.382 e. The Morgan fingerprint density at radius 3 is 2.71 bits per heavy atom. The molecule has 0 saturated carbocycles. The van der Waals surface area contributed by atoms with Crippen LogP contribution in [0.1, 0.15) is 5.56 Å². The van der Waals surface area contributed by atoms with Crippen molar-refractivity contribution >= 4 is 34.8 Å². The number of carbonyl (C=O) groups is 1. The minimum atomic E-state index is -1.83. The van der Waals surface area contributed by atoms with Gasteiger partial charge >= 0.3 is 0 Å². The summed E-state index contributed by atoms with van der Waals surface area (Å²) in [6.07, 6.45) is 2.63. The first kappa shape index (κ1) is 23.1. The van der Waals surface area contributed by atoms with Crippen LogP contribution in [-0.4, -0.2) is 50.8 Å². The number of hydrogen-bond donors (Lipinski definition) is 2. The molecule has 0 bridgehead atoms. The molecule has 1 atom stereocenters. The number of nitrogens with one attached hydrogen (secondary N) is 1. The zero-order chi connectivity index (χ0) is 22.6. The molecule has 2 aromatic carbocycles. The van der Waals surface area contributed by atoms with E-state index in [0.717, 1.165) is 6.07 Å². The number of likely N-dealkylation sites (N-methyl/N-ethyl adjacent to an activating group) is 1. The second kappa shape index (κ2) is 9.69. The third-order valence-corrected chi connectivity index (χ3v) is 5.03. The van der Waals surface area contributed by atoms with E-state index in [4.69, 9.17) is 23.2 Å². The molecule has 164 valence electrons. The summed E-state index contributed by atoms with van der Waals surface area (Å²) < 4.78 is 29.2. The van der Waals surface area contributed by atoms with Crippen LogP contribution >= 0.6 is 23.2 Å². The molecule has 1 amide bonds. The fourth-order valence-corrected chi connectivity index (χ4v) is 3.54. The van der Waals surface area contributed by atoms with Crippen LogP contribution in [0.5, 0.6) is 0 Å². The van der Waals surface area contributed by atoms with Gasteiger partial charge in [-0.15, -0.1) is 0 Å². The highest BCUT2D eigenvalue weighted by molar-refractivity contribution is 6.35. The highest BCUT2D eigenvalue weighted by Gasteiger charge is 2.35. The molecule has 3 aromatic rings. The Morgan fingerprint density at radius 1 is 1.26 bits per heavy atom. The molecule has 1 unspecified atom stereocenters. The summed E-state index contributed by atoms with van der Waals surface area (Å²) in [7, 11) is 1.58. The van der Waals surface area contributed by atoms with Gasteiger partial charge in [-0.3, -0.25) is 9.69 Å². The number of hydrogen-bond acceptors (Lipinski definition) is 5. The standard InChI is InChI=1S/C20H19Cl2F2N5O2/c1-28(8-19(30)27-18-6-13(21)2-5-16(18)22)9-20(31,10-29-12-25-11-26-29)15-4-3-14(23)7-17(15)24/h2-7,11-12,31H,8-10H2,1H3,(H,27,30). The van der Waals surface area contributed by atoms with Crippen molar-refractivity contribution in [2.75, 3.05) is 25.5 Å². The van der Waals surface area contributed by atoms with E-state index >= 15 is 0 Å². The van der Waals surface area contributed by atoms with E-state index in [1.165, 1.54) is 34.4 Å². The Hall–Kier alpha value is -2.59. The van der Waals surface area contributed by atoms with E-state index < -0.39 is 23.1 Å². The number of rotatable bonds is 8. The Bertz CT molecular complexity index is 1070. The second-order valence-corrected chi connectivity index (χ2v) is 7.94. The van der Waals surface area contributed by atoms with Crippen molar-refractivity contribution in [3.05, 3.63) is 76.3 Å². The summed E-state index contributed by atoms with van der Waals surface area (Å²) in [5.74, 6) is -2.10. The lowest BCUT2D eigenvalue weighted by Gasteiger charge is -2.33. The maximum atomic E-state index is 14.5. The lowest BCUT2D eigenvalue weighted by Crippen LogP contribution is -2.45. The van der Waals surface area contributed by atoms with Gasteiger partial charge in [0.1, 0.15) is 29.9 Å². The molecular formula is C20H19Cl2F2N5O2. The van der Waals surface area contributed by atoms with Gasteiger partial charge in [0, 0.05) is 23.2 Å². The smallest absolute Gasteiger partial charge is 0.238 e. The molecule has 0 aliphatic carbocycles. The van der Waals surface area contributed by atoms with Crippen LogP contribution < -0.4 is 5.32 Å². The van der Waals surface area contributed by atoms with Gasteiger partial charge < -0.3 is 10.4 Å². The van der Waals surface area contributed by atoms with Gasteiger partial charge in [-0.2, -0.15) is 5.10 Å². The fourth-order valence-electron chi connectivity index (χ4n) is 3.20. The fraction of sp³-hybridized carbons (Fsp3) is 0.250. The number of nitrogens with zero attached hydrogens (tertiary/aromatic N) is 4. The van der Waals surface area contributed by atoms with Crippen molar-refractivity contribution in [2.24, 2.45) is 0 Å². The average molecular weight is 470 g/mol. The third kappa shape index (κ3) is 5.98. The van der Waals surface area contributed by atoms with Gasteiger partial charge in [0.05, 0.1) is 23.8 Å². The number of aromatic nitrogens is 3. The van der Waals surface area contributed by atoms with Gasteiger partial charge in [0.25, 0.3) is 0 Å². The van der Waals surface area contributed by atoms with E-state index in [9.17, 15) is 18.7 Å². The van der Waals surface area contributed by atoms with Crippen LogP contribution in [0.4, 0.5) is 14.5 Å². The topological polar surface area (TPSA) is 83.3 Å². The van der Waals surface area contributed by atoms with Gasteiger partial charge in [-0.25, -0.2) is 18.4 Å². The monoisotopic (exact) mass is 469 g/mol. The molecule has 3 rings (SSSR count). The van der Waals surface area contributed by atoms with E-state index in [0.29, 0.717) is 21.8 Å². The Kier molecular flexibility index (Phi) is 7.22. The zero-order valence-electron chi connectivity index (χ0n) is 16.4. The second-order valence-electron chi connectivity index (χ2n) is 7.09. The van der Waals surface area contributed by atoms with Crippen molar-refractivity contribution in [3.8, 4) is 0 Å². The van der Waals surface area contributed by atoms with Crippen molar-refractivity contribution < 1.29 is 18.7 Å². The lowest BCUT2D eigenvalue weighted by molar-refractivity contribution is -0.118. The first-order valence-corrected chi connectivity index (χ1v) is 9.86. The molecule has 0 fully saturated rings. The quantitative estimate of drug-likeness (QED) is 0.528. The van der Waals surface area contributed by atoms with Gasteiger partial charge in [-0.05, 0) is 31.3 Å². The molecule has 31 heavy (non-hydrogen) atoms. The number of amides is 1. The van der Waals surface area contributed by atoms with Crippen LogP contribution in [0.15, 0.2) is 49.1 Å². The van der Waals surface area contributed by atoms with Crippen molar-refractivity contribution in [1.82, 2.24) is 19.7 Å². The molecule has 0 spiro atoms. The summed E-state index contributed by atoms with van der Waals surface area (Å²) in [4.78, 5) is 17.8. The minimum absolute atomic E-state index is 0.130. The summed E-state index contributed by atoms with van der Waals surface area (Å²) in [5.41, 5.74) is -1.61. The first-order valence-electron chi connectivity index (χ1n) is 9.10. The molecule has 0 radical (unpaired) electrons. The third-order valence-electron chi connectivity index (χ3n) is 4.47. The van der Waals surface area contributed by atoms with Crippen LogP contribution in [0, 0.1) is 11.6 Å². The van der Waals surface area contributed by atoms with Crippen molar-refractivity contribution in [1.29, 1.82) is 0 Å². The molecule has 2 N–H and O–H groups in total. The highest BCUT2D eigenvalue weighted by Crippen LogP contribution is 2.28. The Morgan fingerprint density at radius 2 is 2.03 bits per heavy atom. The molecule has 11 heteroatoms. The van der Waals surface area contributed by atoms with Crippen LogP contribution in [0.25, 0.3) is 0 Å². The van der Waals surface area contributed by atoms with Crippen molar-refractivity contribution in [3.63, 3.8) is 0 Å². The number of benzene rings is 2. The summed E-state index contributed by atoms with van der Waals surface area (Å²) in [6.45, 7) is -0.473. The maximum absolute atomic E-state index is 14.5. The average Bonchev–Trinajstić information content (AvgIpc) is 3.16. The maximum Gasteiger partial charge on any atom is 0.238 e. The highest BCUT2D eigenvalue weighted by atomic mass is 35.5. The van der Waals surface area contributed by atoms with E-state index in [2.05, 4.69) is 15.4 Å². The SMILES string of the molecule is CN(CC(=O)Nc1cc(Cl)ccc1Cl)CC(O)(Cn1cncn1)c1ccc(F)cc1F. The van der Waals surface area contributed by atoms with Gasteiger partial charge in [0.2, 0.25) is 5.91 Å². The molecule has 1 heterocycles. The molecule has 0 aliphatic rings. The number of halogens is 4. The summed E-state index contributed by atoms with van der Waals surface area (Å²) >= 11 is 12.0. The van der Waals surface area contributed by atoms with Crippen LogP contribution in [0.2, 0.25) is 10.0 Å². The predicted molar refractivity (Wildman–Crippen MR) is 113 cm³/mol. The molecule has 0 saturated heterocycles. The number of anilines is 1. The summed E-state index contributed by atoms with van der Waals surface area (Å²) in [6, 6.07) is 7.57. The Balaban J connectivity index is 1.77. The summed E-state index contributed by atoms with van der Waals surface area (Å²) in [5, 5.41) is 18.6. The molecule has 0 aliphatic heterocycles. The van der Waals surface area contributed by atoms with Crippen LogP contribution in [-0.2, 0) is 16.9 Å². The zero-order valence-corrected chi connectivity index (χ0v) is 17.9.